The Balaban J connectivity index is 1.57. The van der Waals surface area contributed by atoms with Crippen LogP contribution in [0.1, 0.15) is 45.4 Å². The van der Waals surface area contributed by atoms with Crippen LogP contribution in [0.15, 0.2) is 0 Å². The van der Waals surface area contributed by atoms with Gasteiger partial charge in [-0.25, -0.2) is 0 Å². The number of nitrogens with zero attached hydrogens (tertiary/aromatic N) is 1. The normalized spacial score (nSPS) is 32.6. The molecular weight excluding hydrogens is 212 g/mol. The van der Waals surface area contributed by atoms with Crippen molar-refractivity contribution < 1.29 is 5.11 Å². The first-order chi connectivity index (χ1) is 8.11. The molecule has 0 aromatic rings. The van der Waals surface area contributed by atoms with Crippen LogP contribution in [0.4, 0.5) is 0 Å². The summed E-state index contributed by atoms with van der Waals surface area (Å²) >= 11 is 0. The molecule has 1 saturated heterocycles. The van der Waals surface area contributed by atoms with Gasteiger partial charge in [0.2, 0.25) is 0 Å². The van der Waals surface area contributed by atoms with Crippen LogP contribution in [0.25, 0.3) is 0 Å². The summed E-state index contributed by atoms with van der Waals surface area (Å²) in [4.78, 5) is 2.63. The van der Waals surface area contributed by atoms with Gasteiger partial charge < -0.3 is 15.7 Å². The molecule has 3 N–H and O–H groups in total. The summed E-state index contributed by atoms with van der Waals surface area (Å²) in [6.07, 6.45) is 7.52. The zero-order chi connectivity index (χ0) is 12.3. The third-order valence-electron chi connectivity index (χ3n) is 4.68. The van der Waals surface area contributed by atoms with E-state index in [-0.39, 0.29) is 0 Å². The van der Waals surface area contributed by atoms with Crippen LogP contribution in [-0.4, -0.2) is 41.8 Å². The molecule has 3 unspecified atom stereocenters. The molecule has 3 nitrogen and oxygen atoms in total. The molecule has 3 heteroatoms. The maximum atomic E-state index is 9.81. The predicted octanol–water partition coefficient (Wildman–Crippen LogP) is 1.60. The Morgan fingerprint density at radius 1 is 1.24 bits per heavy atom. The van der Waals surface area contributed by atoms with Crippen LogP contribution in [0.3, 0.4) is 0 Å². The average molecular weight is 240 g/mol. The first-order valence-corrected chi connectivity index (χ1v) is 7.25. The molecule has 1 aliphatic heterocycles. The number of hydrogen-bond acceptors (Lipinski definition) is 3. The molecule has 100 valence electrons. The topological polar surface area (TPSA) is 49.5 Å². The van der Waals surface area contributed by atoms with Gasteiger partial charge in [-0.1, -0.05) is 6.42 Å². The minimum atomic E-state index is -0.651. The highest BCUT2D eigenvalue weighted by atomic mass is 16.3. The second-order valence-corrected chi connectivity index (χ2v) is 6.37. The van der Waals surface area contributed by atoms with Gasteiger partial charge in [-0.15, -0.1) is 0 Å². The fourth-order valence-corrected chi connectivity index (χ4v) is 3.46. The summed E-state index contributed by atoms with van der Waals surface area (Å²) < 4.78 is 0. The molecule has 0 spiro atoms. The lowest BCUT2D eigenvalue weighted by Gasteiger charge is -2.22. The number of unbranched alkanes of at least 4 members (excludes halogenated alkanes) is 1. The van der Waals surface area contributed by atoms with E-state index < -0.39 is 5.60 Å². The van der Waals surface area contributed by atoms with Crippen molar-refractivity contribution in [3.8, 4) is 0 Å². The Bertz CT molecular complexity index is 230. The van der Waals surface area contributed by atoms with Gasteiger partial charge in [-0.3, -0.25) is 0 Å². The number of hydrogen-bond donors (Lipinski definition) is 2. The van der Waals surface area contributed by atoms with E-state index in [4.69, 9.17) is 5.73 Å². The summed E-state index contributed by atoms with van der Waals surface area (Å²) in [7, 11) is 0. The van der Waals surface area contributed by atoms with Crippen LogP contribution in [0.2, 0.25) is 0 Å². The molecule has 0 amide bonds. The predicted molar refractivity (Wildman–Crippen MR) is 70.8 cm³/mol. The Labute approximate surface area is 105 Å². The lowest BCUT2D eigenvalue weighted by molar-refractivity contribution is 0.0565. The van der Waals surface area contributed by atoms with Crippen LogP contribution >= 0.6 is 0 Å². The highest BCUT2D eigenvalue weighted by Gasteiger charge is 2.35. The number of aliphatic hydroxyl groups is 1. The number of fused-ring (bicyclic) bond motifs is 1. The summed E-state index contributed by atoms with van der Waals surface area (Å²) in [6.45, 7) is 6.09. The maximum absolute atomic E-state index is 9.81. The van der Waals surface area contributed by atoms with Crippen molar-refractivity contribution in [1.29, 1.82) is 0 Å². The van der Waals surface area contributed by atoms with Crippen molar-refractivity contribution in [2.24, 2.45) is 17.6 Å². The second kappa shape index (κ2) is 5.68. The lowest BCUT2D eigenvalue weighted by atomic mass is 9.99. The van der Waals surface area contributed by atoms with E-state index in [1.807, 2.05) is 6.92 Å². The summed E-state index contributed by atoms with van der Waals surface area (Å²) in [5.41, 5.74) is 4.86. The molecule has 3 atom stereocenters. The standard InChI is InChI=1S/C14H28N2O/c1-14(17,11-15)7-2-3-8-16-9-12-5-4-6-13(12)10-16/h12-13,17H,2-11,15H2,1H3. The smallest absolute Gasteiger partial charge is 0.0741 e. The SMILES string of the molecule is CC(O)(CN)CCCCN1CC2CCCC2C1. The minimum Gasteiger partial charge on any atom is -0.389 e. The third kappa shape index (κ3) is 3.67. The fraction of sp³-hybridized carbons (Fsp3) is 1.00. The van der Waals surface area contributed by atoms with Crippen LogP contribution in [-0.2, 0) is 0 Å². The molecule has 2 rings (SSSR count). The largest absolute Gasteiger partial charge is 0.389 e. The quantitative estimate of drug-likeness (QED) is 0.693. The number of rotatable bonds is 6. The van der Waals surface area contributed by atoms with Gasteiger partial charge in [0.1, 0.15) is 0 Å². The van der Waals surface area contributed by atoms with Gasteiger partial charge >= 0.3 is 0 Å². The van der Waals surface area contributed by atoms with Gasteiger partial charge in [-0.2, -0.15) is 0 Å². The first kappa shape index (κ1) is 13.3. The summed E-state index contributed by atoms with van der Waals surface area (Å²) in [5.74, 6) is 2.00. The van der Waals surface area contributed by atoms with Gasteiger partial charge in [0.25, 0.3) is 0 Å². The highest BCUT2D eigenvalue weighted by Crippen LogP contribution is 2.37. The fourth-order valence-electron chi connectivity index (χ4n) is 3.46. The van der Waals surface area contributed by atoms with Crippen molar-refractivity contribution >= 4 is 0 Å². The number of nitrogens with two attached hydrogens (primary N) is 1. The molecule has 0 aromatic carbocycles. The number of likely N-dealkylation sites (tertiary alicyclic amines) is 1. The zero-order valence-corrected chi connectivity index (χ0v) is 11.2. The Hall–Kier alpha value is -0.120. The van der Waals surface area contributed by atoms with E-state index in [9.17, 15) is 5.11 Å². The van der Waals surface area contributed by atoms with Gasteiger partial charge in [0.05, 0.1) is 5.60 Å². The zero-order valence-electron chi connectivity index (χ0n) is 11.2. The van der Waals surface area contributed by atoms with Gasteiger partial charge in [0.15, 0.2) is 0 Å². The van der Waals surface area contributed by atoms with Crippen molar-refractivity contribution in [2.75, 3.05) is 26.2 Å². The van der Waals surface area contributed by atoms with E-state index in [2.05, 4.69) is 4.90 Å². The van der Waals surface area contributed by atoms with Crippen molar-refractivity contribution in [3.05, 3.63) is 0 Å². The van der Waals surface area contributed by atoms with Crippen LogP contribution in [0.5, 0.6) is 0 Å². The van der Waals surface area contributed by atoms with E-state index in [1.165, 1.54) is 45.3 Å². The highest BCUT2D eigenvalue weighted by molar-refractivity contribution is 4.88. The van der Waals surface area contributed by atoms with Crippen molar-refractivity contribution in [3.63, 3.8) is 0 Å². The summed E-state index contributed by atoms with van der Waals surface area (Å²) in [6, 6.07) is 0. The second-order valence-electron chi connectivity index (χ2n) is 6.37. The summed E-state index contributed by atoms with van der Waals surface area (Å²) in [5, 5.41) is 9.81. The van der Waals surface area contributed by atoms with Gasteiger partial charge in [-0.05, 0) is 57.4 Å². The Morgan fingerprint density at radius 2 is 1.88 bits per heavy atom. The minimum absolute atomic E-state index is 0.376. The third-order valence-corrected chi connectivity index (χ3v) is 4.68. The van der Waals surface area contributed by atoms with E-state index >= 15 is 0 Å². The molecular formula is C14H28N2O. The molecule has 1 saturated carbocycles. The monoisotopic (exact) mass is 240 g/mol. The van der Waals surface area contributed by atoms with Crippen LogP contribution in [0, 0.1) is 11.8 Å². The molecule has 2 fully saturated rings. The van der Waals surface area contributed by atoms with E-state index in [1.54, 1.807) is 0 Å². The Morgan fingerprint density at radius 3 is 2.47 bits per heavy atom. The van der Waals surface area contributed by atoms with E-state index in [0.717, 1.165) is 24.7 Å². The molecule has 1 heterocycles. The molecule has 2 aliphatic rings. The molecule has 17 heavy (non-hydrogen) atoms. The average Bonchev–Trinajstić information content (AvgIpc) is 2.84. The molecule has 0 aromatic heterocycles. The van der Waals surface area contributed by atoms with Crippen LogP contribution < -0.4 is 5.73 Å². The van der Waals surface area contributed by atoms with Crippen molar-refractivity contribution in [1.82, 2.24) is 4.90 Å². The first-order valence-electron chi connectivity index (χ1n) is 7.25. The van der Waals surface area contributed by atoms with Gasteiger partial charge in [0, 0.05) is 19.6 Å². The maximum Gasteiger partial charge on any atom is 0.0741 e. The van der Waals surface area contributed by atoms with Crippen molar-refractivity contribution in [2.45, 2.75) is 51.0 Å². The van der Waals surface area contributed by atoms with E-state index in [0.29, 0.717) is 6.54 Å². The lowest BCUT2D eigenvalue weighted by Crippen LogP contribution is -2.34. The molecule has 0 radical (unpaired) electrons. The molecule has 1 aliphatic carbocycles. The Kier molecular flexibility index (Phi) is 4.45. The molecule has 0 bridgehead atoms.